The summed E-state index contributed by atoms with van der Waals surface area (Å²) >= 11 is 6.17. The number of rotatable bonds is 2. The molecule has 0 saturated carbocycles. The molecule has 2 heterocycles. The number of amides is 1. The van der Waals surface area contributed by atoms with Gasteiger partial charge in [-0.1, -0.05) is 23.7 Å². The van der Waals surface area contributed by atoms with Crippen LogP contribution in [0.2, 0.25) is 5.02 Å². The predicted molar refractivity (Wildman–Crippen MR) is 91.7 cm³/mol. The predicted octanol–water partition coefficient (Wildman–Crippen LogP) is 3.67. The second-order valence-electron chi connectivity index (χ2n) is 5.35. The second kappa shape index (κ2) is 6.02. The third kappa shape index (κ3) is 2.63. The lowest BCUT2D eigenvalue weighted by Crippen LogP contribution is -2.40. The molecule has 1 aliphatic heterocycles. The first-order valence-electron chi connectivity index (χ1n) is 7.45. The number of halogens is 1. The van der Waals surface area contributed by atoms with Crippen molar-refractivity contribution < 1.29 is 14.3 Å². The minimum atomic E-state index is -0.727. The van der Waals surface area contributed by atoms with Crippen molar-refractivity contribution in [3.8, 4) is 11.5 Å². The largest absolute Gasteiger partial charge is 0.485 e. The molecular weight excluding hydrogens is 328 g/mol. The maximum absolute atomic E-state index is 12.5. The van der Waals surface area contributed by atoms with Gasteiger partial charge in [0.15, 0.2) is 11.5 Å². The molecule has 1 amide bonds. The molecule has 1 N–H and O–H groups in total. The van der Waals surface area contributed by atoms with Crippen LogP contribution in [-0.2, 0) is 4.79 Å². The zero-order chi connectivity index (χ0) is 16.5. The van der Waals surface area contributed by atoms with Crippen LogP contribution in [0, 0.1) is 0 Å². The Bertz CT molecular complexity index is 929. The highest BCUT2D eigenvalue weighted by atomic mass is 35.5. The maximum atomic E-state index is 12.5. The van der Waals surface area contributed by atoms with Crippen molar-refractivity contribution in [2.45, 2.75) is 6.10 Å². The fraction of sp³-hybridized carbons (Fsp3) is 0.111. The standard InChI is InChI=1S/C18H13ClN2O3/c19-12-7-8-13(17-11(12)4-3-9-20-17)21-18(22)16-10-23-14-5-1-2-6-15(14)24-16/h1-9,16H,10H2,(H,21,22)/t16-/m1/s1. The van der Waals surface area contributed by atoms with Crippen molar-refractivity contribution in [3.05, 3.63) is 59.8 Å². The van der Waals surface area contributed by atoms with E-state index < -0.39 is 6.10 Å². The summed E-state index contributed by atoms with van der Waals surface area (Å²) in [5, 5.41) is 4.21. The molecule has 3 aromatic rings. The van der Waals surface area contributed by atoms with Crippen LogP contribution in [0.1, 0.15) is 0 Å². The fourth-order valence-electron chi connectivity index (χ4n) is 2.60. The number of aromatic nitrogens is 1. The first-order valence-corrected chi connectivity index (χ1v) is 7.83. The number of carbonyl (C=O) groups excluding carboxylic acids is 1. The smallest absolute Gasteiger partial charge is 0.269 e. The van der Waals surface area contributed by atoms with Gasteiger partial charge in [0.2, 0.25) is 6.10 Å². The molecule has 0 spiro atoms. The van der Waals surface area contributed by atoms with Crippen molar-refractivity contribution in [1.29, 1.82) is 0 Å². The summed E-state index contributed by atoms with van der Waals surface area (Å²) < 4.78 is 11.3. The van der Waals surface area contributed by atoms with Gasteiger partial charge in [-0.3, -0.25) is 9.78 Å². The lowest BCUT2D eigenvalue weighted by atomic mass is 10.2. The monoisotopic (exact) mass is 340 g/mol. The fourth-order valence-corrected chi connectivity index (χ4v) is 2.82. The third-order valence-corrected chi connectivity index (χ3v) is 4.10. The molecule has 6 heteroatoms. The number of hydrogen-bond donors (Lipinski definition) is 1. The van der Waals surface area contributed by atoms with E-state index >= 15 is 0 Å². The summed E-state index contributed by atoms with van der Waals surface area (Å²) in [6.45, 7) is 0.155. The van der Waals surface area contributed by atoms with E-state index in [2.05, 4.69) is 10.3 Å². The highest BCUT2D eigenvalue weighted by Crippen LogP contribution is 2.32. The van der Waals surface area contributed by atoms with Crippen molar-refractivity contribution in [3.63, 3.8) is 0 Å². The Kier molecular flexibility index (Phi) is 3.70. The van der Waals surface area contributed by atoms with Crippen LogP contribution in [0.15, 0.2) is 54.7 Å². The minimum Gasteiger partial charge on any atom is -0.485 e. The lowest BCUT2D eigenvalue weighted by Gasteiger charge is -2.25. The lowest BCUT2D eigenvalue weighted by molar-refractivity contribution is -0.125. The summed E-state index contributed by atoms with van der Waals surface area (Å²) in [7, 11) is 0. The second-order valence-corrected chi connectivity index (χ2v) is 5.76. The molecule has 0 bridgehead atoms. The van der Waals surface area contributed by atoms with E-state index in [0.29, 0.717) is 27.7 Å². The average molecular weight is 341 g/mol. The number of nitrogens with one attached hydrogen (secondary N) is 1. The summed E-state index contributed by atoms with van der Waals surface area (Å²) in [5.41, 5.74) is 1.22. The van der Waals surface area contributed by atoms with Gasteiger partial charge in [-0.25, -0.2) is 0 Å². The van der Waals surface area contributed by atoms with E-state index in [0.717, 1.165) is 5.39 Å². The summed E-state index contributed by atoms with van der Waals surface area (Å²) in [6, 6.07) is 14.4. The average Bonchev–Trinajstić information content (AvgIpc) is 2.64. The summed E-state index contributed by atoms with van der Waals surface area (Å²) in [6.07, 6.45) is 0.930. The van der Waals surface area contributed by atoms with Crippen LogP contribution in [0.5, 0.6) is 11.5 Å². The molecule has 0 saturated heterocycles. The third-order valence-electron chi connectivity index (χ3n) is 3.78. The Morgan fingerprint density at radius 1 is 1.12 bits per heavy atom. The van der Waals surface area contributed by atoms with Crippen LogP contribution in [-0.4, -0.2) is 23.6 Å². The Balaban J connectivity index is 1.58. The zero-order valence-corrected chi connectivity index (χ0v) is 13.3. The number of ether oxygens (including phenoxy) is 2. The van der Waals surface area contributed by atoms with Crippen LogP contribution in [0.3, 0.4) is 0 Å². The molecular formula is C18H13ClN2O3. The van der Waals surface area contributed by atoms with Gasteiger partial charge in [-0.2, -0.15) is 0 Å². The Hall–Kier alpha value is -2.79. The number of pyridine rings is 1. The molecule has 24 heavy (non-hydrogen) atoms. The number of benzene rings is 2. The van der Waals surface area contributed by atoms with Gasteiger partial charge < -0.3 is 14.8 Å². The zero-order valence-electron chi connectivity index (χ0n) is 12.5. The molecule has 1 aromatic heterocycles. The molecule has 0 unspecified atom stereocenters. The molecule has 1 atom stereocenters. The van der Waals surface area contributed by atoms with E-state index in [1.165, 1.54) is 0 Å². The highest BCUT2D eigenvalue weighted by Gasteiger charge is 2.27. The minimum absolute atomic E-state index is 0.155. The number of nitrogens with zero attached hydrogens (tertiary/aromatic N) is 1. The molecule has 4 rings (SSSR count). The molecule has 0 aliphatic carbocycles. The molecule has 0 fully saturated rings. The van der Waals surface area contributed by atoms with E-state index in [4.69, 9.17) is 21.1 Å². The van der Waals surface area contributed by atoms with Gasteiger partial charge in [0.1, 0.15) is 6.61 Å². The van der Waals surface area contributed by atoms with Crippen molar-refractivity contribution in [2.75, 3.05) is 11.9 Å². The summed E-state index contributed by atoms with van der Waals surface area (Å²) in [5.74, 6) is 0.905. The molecule has 120 valence electrons. The van der Waals surface area contributed by atoms with Gasteiger partial charge in [0.25, 0.3) is 5.91 Å². The number of fused-ring (bicyclic) bond motifs is 2. The van der Waals surface area contributed by atoms with Gasteiger partial charge in [0, 0.05) is 11.6 Å². The molecule has 1 aliphatic rings. The quantitative estimate of drug-likeness (QED) is 0.773. The molecule has 0 radical (unpaired) electrons. The number of carbonyl (C=O) groups is 1. The van der Waals surface area contributed by atoms with Crippen LogP contribution < -0.4 is 14.8 Å². The van der Waals surface area contributed by atoms with Gasteiger partial charge in [-0.05, 0) is 36.4 Å². The number of anilines is 1. The number of hydrogen-bond acceptors (Lipinski definition) is 4. The summed E-state index contributed by atoms with van der Waals surface area (Å²) in [4.78, 5) is 16.8. The molecule has 5 nitrogen and oxygen atoms in total. The topological polar surface area (TPSA) is 60.5 Å². The van der Waals surface area contributed by atoms with Gasteiger partial charge in [-0.15, -0.1) is 0 Å². The van der Waals surface area contributed by atoms with Crippen LogP contribution in [0.4, 0.5) is 5.69 Å². The SMILES string of the molecule is O=C(Nc1ccc(Cl)c2cccnc12)[C@H]1COc2ccccc2O1. The van der Waals surface area contributed by atoms with E-state index in [1.807, 2.05) is 18.2 Å². The van der Waals surface area contributed by atoms with Crippen molar-refractivity contribution in [2.24, 2.45) is 0 Å². The Labute approximate surface area is 143 Å². The first-order chi connectivity index (χ1) is 11.7. The highest BCUT2D eigenvalue weighted by molar-refractivity contribution is 6.35. The normalized spacial score (nSPS) is 16.0. The van der Waals surface area contributed by atoms with Crippen LogP contribution >= 0.6 is 11.6 Å². The maximum Gasteiger partial charge on any atom is 0.269 e. The van der Waals surface area contributed by atoms with Crippen LogP contribution in [0.25, 0.3) is 10.9 Å². The Morgan fingerprint density at radius 3 is 2.83 bits per heavy atom. The first kappa shape index (κ1) is 14.8. The van der Waals surface area contributed by atoms with E-state index in [9.17, 15) is 4.79 Å². The Morgan fingerprint density at radius 2 is 1.96 bits per heavy atom. The van der Waals surface area contributed by atoms with Crippen molar-refractivity contribution >= 4 is 34.1 Å². The van der Waals surface area contributed by atoms with Gasteiger partial charge in [0.05, 0.1) is 16.2 Å². The van der Waals surface area contributed by atoms with E-state index in [1.54, 1.807) is 36.5 Å². The van der Waals surface area contributed by atoms with Gasteiger partial charge >= 0.3 is 0 Å². The van der Waals surface area contributed by atoms with Crippen molar-refractivity contribution in [1.82, 2.24) is 4.98 Å². The van der Waals surface area contributed by atoms with E-state index in [-0.39, 0.29) is 12.5 Å². The number of para-hydroxylation sites is 2. The molecule has 2 aromatic carbocycles.